The summed E-state index contributed by atoms with van der Waals surface area (Å²) in [5.41, 5.74) is 0. The van der Waals surface area contributed by atoms with Gasteiger partial charge in [-0.3, -0.25) is 9.89 Å². The van der Waals surface area contributed by atoms with Crippen LogP contribution in [-0.2, 0) is 0 Å². The molecule has 2 N–H and O–H groups in total. The summed E-state index contributed by atoms with van der Waals surface area (Å²) in [6.07, 6.45) is 5.20. The molecule has 0 amide bonds. The largest absolute Gasteiger partial charge is 0.357 e. The number of thiophene rings is 1. The molecule has 3 rings (SSSR count). The fraction of sp³-hybridized carbons (Fsp3) is 0.762. The lowest BCUT2D eigenvalue weighted by molar-refractivity contribution is 0.255. The smallest absolute Gasteiger partial charge is 0.191 e. The summed E-state index contributed by atoms with van der Waals surface area (Å²) in [6.45, 7) is 13.3. The Hall–Kier alpha value is -1.11. The zero-order chi connectivity index (χ0) is 18.9. The number of likely N-dealkylation sites (tertiary alicyclic amines) is 2. The van der Waals surface area contributed by atoms with E-state index in [2.05, 4.69) is 51.8 Å². The van der Waals surface area contributed by atoms with Crippen LogP contribution in [0.5, 0.6) is 0 Å². The molecule has 0 saturated carbocycles. The van der Waals surface area contributed by atoms with Gasteiger partial charge in [0, 0.05) is 24.5 Å². The minimum atomic E-state index is 0.425. The summed E-state index contributed by atoms with van der Waals surface area (Å²) in [5.74, 6) is 1.72. The average molecular weight is 392 g/mol. The van der Waals surface area contributed by atoms with Crippen molar-refractivity contribution in [2.75, 3.05) is 52.4 Å². The monoisotopic (exact) mass is 391 g/mol. The molecule has 0 aromatic carbocycles. The second kappa shape index (κ2) is 11.0. The summed E-state index contributed by atoms with van der Waals surface area (Å²) in [6, 6.07) is 4.86. The number of aliphatic imine (C=N–C) groups is 1. The van der Waals surface area contributed by atoms with Crippen LogP contribution in [-0.4, -0.2) is 68.1 Å². The quantitative estimate of drug-likeness (QED) is 0.501. The normalized spacial score (nSPS) is 23.0. The predicted octanol–water partition coefficient (Wildman–Crippen LogP) is 3.17. The van der Waals surface area contributed by atoms with Crippen LogP contribution in [0.15, 0.2) is 22.5 Å². The lowest BCUT2D eigenvalue weighted by Crippen LogP contribution is -2.41. The summed E-state index contributed by atoms with van der Waals surface area (Å²) >= 11 is 1.86. The summed E-state index contributed by atoms with van der Waals surface area (Å²) in [5, 5.41) is 9.25. The molecule has 1 aromatic rings. The molecule has 27 heavy (non-hydrogen) atoms. The molecule has 6 heteroatoms. The van der Waals surface area contributed by atoms with Crippen molar-refractivity contribution in [3.63, 3.8) is 0 Å². The Labute approximate surface area is 169 Å². The highest BCUT2D eigenvalue weighted by atomic mass is 32.1. The topological polar surface area (TPSA) is 42.9 Å². The zero-order valence-electron chi connectivity index (χ0n) is 17.1. The molecule has 152 valence electrons. The van der Waals surface area contributed by atoms with Crippen molar-refractivity contribution in [1.29, 1.82) is 0 Å². The lowest BCUT2D eigenvalue weighted by Gasteiger charge is -2.25. The standard InChI is InChI=1S/C21H37N5S/c1-3-10-25-13-9-18(17-25)15-23-21(22-4-2)24-16-19(20-8-7-14-27-20)26-11-5-6-12-26/h7-8,14,18-19H,3-6,9-13,15-17H2,1-2H3,(H2,22,23,24). The predicted molar refractivity (Wildman–Crippen MR) is 117 cm³/mol. The van der Waals surface area contributed by atoms with E-state index >= 15 is 0 Å². The molecule has 1 aromatic heterocycles. The van der Waals surface area contributed by atoms with Crippen LogP contribution in [0.25, 0.3) is 0 Å². The summed E-state index contributed by atoms with van der Waals surface area (Å²) < 4.78 is 0. The molecular formula is C21H37N5S. The van der Waals surface area contributed by atoms with Gasteiger partial charge >= 0.3 is 0 Å². The second-order valence-corrected chi connectivity index (χ2v) is 8.81. The van der Waals surface area contributed by atoms with Gasteiger partial charge in [-0.1, -0.05) is 13.0 Å². The fourth-order valence-electron chi connectivity index (χ4n) is 4.28. The molecule has 2 unspecified atom stereocenters. The molecule has 2 saturated heterocycles. The Kier molecular flexibility index (Phi) is 8.42. The first-order chi connectivity index (χ1) is 13.3. The number of rotatable bonds is 9. The van der Waals surface area contributed by atoms with E-state index in [0.29, 0.717) is 6.04 Å². The minimum absolute atomic E-state index is 0.425. The zero-order valence-corrected chi connectivity index (χ0v) is 17.9. The molecule has 0 aliphatic carbocycles. The Bertz CT molecular complexity index is 553. The van der Waals surface area contributed by atoms with E-state index in [9.17, 15) is 0 Å². The van der Waals surface area contributed by atoms with Crippen molar-refractivity contribution in [2.45, 2.75) is 45.6 Å². The van der Waals surface area contributed by atoms with E-state index in [0.717, 1.165) is 31.5 Å². The van der Waals surface area contributed by atoms with Crippen LogP contribution in [0.4, 0.5) is 0 Å². The highest BCUT2D eigenvalue weighted by molar-refractivity contribution is 7.10. The van der Waals surface area contributed by atoms with Crippen molar-refractivity contribution < 1.29 is 0 Å². The van der Waals surface area contributed by atoms with Gasteiger partial charge in [0.15, 0.2) is 5.96 Å². The minimum Gasteiger partial charge on any atom is -0.357 e. The van der Waals surface area contributed by atoms with E-state index in [4.69, 9.17) is 4.99 Å². The molecule has 2 aliphatic rings. The Morgan fingerprint density at radius 1 is 1.26 bits per heavy atom. The molecule has 2 fully saturated rings. The first-order valence-corrected chi connectivity index (χ1v) is 11.7. The van der Waals surface area contributed by atoms with Gasteiger partial charge in [-0.15, -0.1) is 11.3 Å². The SMILES string of the molecule is CCCN1CCC(CNC(=NCC(c2cccs2)N2CCCC2)NCC)C1. The van der Waals surface area contributed by atoms with Crippen LogP contribution < -0.4 is 10.6 Å². The van der Waals surface area contributed by atoms with E-state index in [1.54, 1.807) is 0 Å². The van der Waals surface area contributed by atoms with Crippen molar-refractivity contribution in [1.82, 2.24) is 20.4 Å². The number of nitrogens with one attached hydrogen (secondary N) is 2. The molecular weight excluding hydrogens is 354 g/mol. The molecule has 5 nitrogen and oxygen atoms in total. The molecule has 0 bridgehead atoms. The molecule has 2 aliphatic heterocycles. The maximum Gasteiger partial charge on any atom is 0.191 e. The van der Waals surface area contributed by atoms with Gasteiger partial charge in [0.1, 0.15) is 0 Å². The van der Waals surface area contributed by atoms with Gasteiger partial charge in [0.2, 0.25) is 0 Å². The van der Waals surface area contributed by atoms with Gasteiger partial charge in [-0.25, -0.2) is 0 Å². The van der Waals surface area contributed by atoms with Crippen LogP contribution in [0, 0.1) is 5.92 Å². The van der Waals surface area contributed by atoms with Crippen LogP contribution in [0.3, 0.4) is 0 Å². The van der Waals surface area contributed by atoms with E-state index in [1.807, 2.05) is 11.3 Å². The van der Waals surface area contributed by atoms with E-state index in [-0.39, 0.29) is 0 Å². The first-order valence-electron chi connectivity index (χ1n) is 10.8. The third-order valence-electron chi connectivity index (χ3n) is 5.69. The Morgan fingerprint density at radius 2 is 2.11 bits per heavy atom. The van der Waals surface area contributed by atoms with Crippen LogP contribution in [0.1, 0.15) is 50.4 Å². The van der Waals surface area contributed by atoms with Gasteiger partial charge in [-0.2, -0.15) is 0 Å². The fourth-order valence-corrected chi connectivity index (χ4v) is 5.13. The summed E-state index contributed by atoms with van der Waals surface area (Å²) in [4.78, 5) is 11.6. The van der Waals surface area contributed by atoms with Crippen molar-refractivity contribution in [2.24, 2.45) is 10.9 Å². The van der Waals surface area contributed by atoms with Gasteiger partial charge in [-0.05, 0) is 76.2 Å². The van der Waals surface area contributed by atoms with Crippen LogP contribution in [0.2, 0.25) is 0 Å². The lowest BCUT2D eigenvalue weighted by atomic mass is 10.1. The molecule has 2 atom stereocenters. The highest BCUT2D eigenvalue weighted by Crippen LogP contribution is 2.28. The second-order valence-electron chi connectivity index (χ2n) is 7.83. The van der Waals surface area contributed by atoms with Gasteiger partial charge in [0.05, 0.1) is 12.6 Å². The third-order valence-corrected chi connectivity index (χ3v) is 6.66. The van der Waals surface area contributed by atoms with Crippen molar-refractivity contribution in [3.05, 3.63) is 22.4 Å². The van der Waals surface area contributed by atoms with Gasteiger partial charge < -0.3 is 15.5 Å². The number of hydrogen-bond acceptors (Lipinski definition) is 4. The maximum absolute atomic E-state index is 4.98. The summed E-state index contributed by atoms with van der Waals surface area (Å²) in [7, 11) is 0. The maximum atomic E-state index is 4.98. The van der Waals surface area contributed by atoms with Crippen molar-refractivity contribution >= 4 is 17.3 Å². The third kappa shape index (κ3) is 6.19. The average Bonchev–Trinajstić information content (AvgIpc) is 3.43. The molecule has 3 heterocycles. The highest BCUT2D eigenvalue weighted by Gasteiger charge is 2.25. The number of nitrogens with zero attached hydrogens (tertiary/aromatic N) is 3. The van der Waals surface area contributed by atoms with E-state index < -0.39 is 0 Å². The number of guanidine groups is 1. The molecule has 0 radical (unpaired) electrons. The van der Waals surface area contributed by atoms with E-state index in [1.165, 1.54) is 63.3 Å². The van der Waals surface area contributed by atoms with Crippen molar-refractivity contribution in [3.8, 4) is 0 Å². The van der Waals surface area contributed by atoms with Crippen LogP contribution >= 0.6 is 11.3 Å². The van der Waals surface area contributed by atoms with Gasteiger partial charge in [0.25, 0.3) is 0 Å². The Balaban J connectivity index is 1.55. The molecule has 0 spiro atoms. The Morgan fingerprint density at radius 3 is 2.81 bits per heavy atom. The first kappa shape index (κ1) is 20.6. The number of hydrogen-bond donors (Lipinski definition) is 2.